The summed E-state index contributed by atoms with van der Waals surface area (Å²) in [5.74, 6) is 1.03. The Morgan fingerprint density at radius 1 is 1.24 bits per heavy atom. The molecule has 2 heterocycles. The maximum Gasteiger partial charge on any atom is 0.321 e. The maximum absolute atomic E-state index is 8.91. The second-order valence-corrected chi connectivity index (χ2v) is 5.40. The number of nitrogens with zero attached hydrogens (tertiary/aromatic N) is 4. The molecule has 21 heavy (non-hydrogen) atoms. The molecule has 0 aliphatic rings. The minimum absolute atomic E-state index is 0.312. The molecule has 0 unspecified atom stereocenters. The van der Waals surface area contributed by atoms with Gasteiger partial charge in [-0.15, -0.1) is 11.3 Å². The predicted octanol–water partition coefficient (Wildman–Crippen LogP) is 3.08. The lowest BCUT2D eigenvalue weighted by Crippen LogP contribution is -2.09. The van der Waals surface area contributed by atoms with E-state index in [1.807, 2.05) is 13.0 Å². The molecule has 0 aliphatic heterocycles. The van der Waals surface area contributed by atoms with Crippen molar-refractivity contribution in [1.82, 2.24) is 15.0 Å². The second-order valence-electron chi connectivity index (χ2n) is 4.32. The van der Waals surface area contributed by atoms with Crippen molar-refractivity contribution in [3.63, 3.8) is 0 Å². The number of thiophene rings is 1. The quantitative estimate of drug-likeness (QED) is 0.846. The first-order chi connectivity index (χ1) is 10.3. The third kappa shape index (κ3) is 4.13. The standard InChI is InChI=1S/C14H17N5OS/c1-3-7-16-13-17-12(11-6-5-10(9-15)21-11)18-14(19-13)20-8-4-2/h5-6H,3-4,7-8H2,1-2H3,(H,16,17,18,19). The predicted molar refractivity (Wildman–Crippen MR) is 82.4 cm³/mol. The van der Waals surface area contributed by atoms with Crippen LogP contribution < -0.4 is 10.1 Å². The Balaban J connectivity index is 2.31. The van der Waals surface area contributed by atoms with E-state index in [2.05, 4.69) is 33.3 Å². The van der Waals surface area contributed by atoms with E-state index in [0.717, 1.165) is 24.3 Å². The molecule has 0 fully saturated rings. The summed E-state index contributed by atoms with van der Waals surface area (Å²) < 4.78 is 5.51. The van der Waals surface area contributed by atoms with Crippen LogP contribution in [0.3, 0.4) is 0 Å². The summed E-state index contributed by atoms with van der Waals surface area (Å²) in [4.78, 5) is 14.4. The molecule has 0 radical (unpaired) electrons. The van der Waals surface area contributed by atoms with Crippen LogP contribution in [0.4, 0.5) is 5.95 Å². The molecule has 1 N–H and O–H groups in total. The van der Waals surface area contributed by atoms with Gasteiger partial charge in [-0.05, 0) is 25.0 Å². The zero-order chi connectivity index (χ0) is 15.1. The molecule has 2 aromatic heterocycles. The van der Waals surface area contributed by atoms with Crippen molar-refractivity contribution in [1.29, 1.82) is 5.26 Å². The summed E-state index contributed by atoms with van der Waals surface area (Å²) >= 11 is 1.35. The lowest BCUT2D eigenvalue weighted by atomic mass is 10.4. The molecule has 2 aromatic rings. The first kappa shape index (κ1) is 15.2. The molecule has 110 valence electrons. The summed E-state index contributed by atoms with van der Waals surface area (Å²) in [6.45, 7) is 5.44. The fourth-order valence-electron chi connectivity index (χ4n) is 1.56. The summed E-state index contributed by atoms with van der Waals surface area (Å²) in [5, 5.41) is 12.0. The molecule has 0 aromatic carbocycles. The van der Waals surface area contributed by atoms with Gasteiger partial charge in [-0.25, -0.2) is 0 Å². The third-order valence-corrected chi connectivity index (χ3v) is 3.51. The highest BCUT2D eigenvalue weighted by atomic mass is 32.1. The fraction of sp³-hybridized carbons (Fsp3) is 0.429. The number of nitrogens with one attached hydrogen (secondary N) is 1. The van der Waals surface area contributed by atoms with Gasteiger partial charge in [0, 0.05) is 6.54 Å². The van der Waals surface area contributed by atoms with E-state index in [-0.39, 0.29) is 0 Å². The smallest absolute Gasteiger partial charge is 0.321 e. The van der Waals surface area contributed by atoms with E-state index in [4.69, 9.17) is 10.00 Å². The maximum atomic E-state index is 8.91. The van der Waals surface area contributed by atoms with Crippen LogP contribution >= 0.6 is 11.3 Å². The second kappa shape index (κ2) is 7.55. The zero-order valence-electron chi connectivity index (χ0n) is 12.1. The van der Waals surface area contributed by atoms with E-state index < -0.39 is 0 Å². The lowest BCUT2D eigenvalue weighted by Gasteiger charge is -2.08. The monoisotopic (exact) mass is 303 g/mol. The Kier molecular flexibility index (Phi) is 5.46. The summed E-state index contributed by atoms with van der Waals surface area (Å²) in [6, 6.07) is 6.03. The lowest BCUT2D eigenvalue weighted by molar-refractivity contribution is 0.292. The van der Waals surface area contributed by atoms with Crippen LogP contribution in [0.5, 0.6) is 6.01 Å². The molecule has 0 aliphatic carbocycles. The molecular formula is C14H17N5OS. The van der Waals surface area contributed by atoms with Crippen molar-refractivity contribution in [3.05, 3.63) is 17.0 Å². The van der Waals surface area contributed by atoms with Crippen molar-refractivity contribution in [2.75, 3.05) is 18.5 Å². The number of rotatable bonds is 7. The minimum Gasteiger partial charge on any atom is -0.463 e. The largest absolute Gasteiger partial charge is 0.463 e. The molecule has 0 atom stereocenters. The van der Waals surface area contributed by atoms with Crippen molar-refractivity contribution < 1.29 is 4.74 Å². The van der Waals surface area contributed by atoms with E-state index in [1.54, 1.807) is 6.07 Å². The number of aromatic nitrogens is 3. The Morgan fingerprint density at radius 3 is 2.76 bits per heavy atom. The normalized spacial score (nSPS) is 10.1. The molecule has 0 spiro atoms. The number of anilines is 1. The minimum atomic E-state index is 0.312. The molecule has 0 saturated heterocycles. The average molecular weight is 303 g/mol. The first-order valence-electron chi connectivity index (χ1n) is 6.89. The van der Waals surface area contributed by atoms with Crippen LogP contribution in [-0.2, 0) is 0 Å². The third-order valence-electron chi connectivity index (χ3n) is 2.52. The molecule has 0 saturated carbocycles. The molecule has 7 heteroatoms. The van der Waals surface area contributed by atoms with Crippen molar-refractivity contribution >= 4 is 17.3 Å². The Labute approximate surface area is 127 Å². The van der Waals surface area contributed by atoms with Gasteiger partial charge in [-0.3, -0.25) is 0 Å². The summed E-state index contributed by atoms with van der Waals surface area (Å²) in [5.41, 5.74) is 0. The van der Waals surface area contributed by atoms with Gasteiger partial charge in [-0.2, -0.15) is 20.2 Å². The molecule has 0 amide bonds. The molecular weight excluding hydrogens is 286 g/mol. The van der Waals surface area contributed by atoms with Crippen LogP contribution in [0.1, 0.15) is 31.6 Å². The SMILES string of the molecule is CCCNc1nc(OCCC)nc(-c2ccc(C#N)s2)n1. The van der Waals surface area contributed by atoms with Crippen LogP contribution in [0.2, 0.25) is 0 Å². The van der Waals surface area contributed by atoms with Gasteiger partial charge in [0.05, 0.1) is 11.5 Å². The Bertz CT molecular complexity index is 608. The Hall–Kier alpha value is -2.20. The highest BCUT2D eigenvalue weighted by Gasteiger charge is 2.11. The van der Waals surface area contributed by atoms with Gasteiger partial charge in [0.1, 0.15) is 10.9 Å². The van der Waals surface area contributed by atoms with Crippen molar-refractivity contribution in [2.45, 2.75) is 26.7 Å². The topological polar surface area (TPSA) is 83.7 Å². The zero-order valence-corrected chi connectivity index (χ0v) is 12.9. The van der Waals surface area contributed by atoms with Gasteiger partial charge in [-0.1, -0.05) is 13.8 Å². The van der Waals surface area contributed by atoms with Gasteiger partial charge >= 0.3 is 6.01 Å². The Morgan fingerprint density at radius 2 is 2.10 bits per heavy atom. The molecule has 2 rings (SSSR count). The van der Waals surface area contributed by atoms with Crippen molar-refractivity contribution in [2.24, 2.45) is 0 Å². The number of hydrogen-bond donors (Lipinski definition) is 1. The van der Waals surface area contributed by atoms with Crippen LogP contribution in [0, 0.1) is 11.3 Å². The van der Waals surface area contributed by atoms with E-state index >= 15 is 0 Å². The highest BCUT2D eigenvalue weighted by molar-refractivity contribution is 7.15. The van der Waals surface area contributed by atoms with Gasteiger partial charge in [0.25, 0.3) is 0 Å². The summed E-state index contributed by atoms with van der Waals surface area (Å²) in [7, 11) is 0. The fourth-order valence-corrected chi connectivity index (χ4v) is 2.30. The number of hydrogen-bond acceptors (Lipinski definition) is 7. The highest BCUT2D eigenvalue weighted by Crippen LogP contribution is 2.26. The number of nitriles is 1. The molecule has 0 bridgehead atoms. The average Bonchev–Trinajstić information content (AvgIpc) is 3.00. The summed E-state index contributed by atoms with van der Waals surface area (Å²) in [6.07, 6.45) is 1.86. The van der Waals surface area contributed by atoms with Gasteiger partial charge in [0.2, 0.25) is 5.95 Å². The van der Waals surface area contributed by atoms with Crippen LogP contribution in [-0.4, -0.2) is 28.1 Å². The van der Waals surface area contributed by atoms with Crippen LogP contribution in [0.25, 0.3) is 10.7 Å². The van der Waals surface area contributed by atoms with E-state index in [9.17, 15) is 0 Å². The van der Waals surface area contributed by atoms with Crippen molar-refractivity contribution in [3.8, 4) is 22.8 Å². The van der Waals surface area contributed by atoms with Gasteiger partial charge in [0.15, 0.2) is 5.82 Å². The molecule has 6 nitrogen and oxygen atoms in total. The van der Waals surface area contributed by atoms with E-state index in [1.165, 1.54) is 11.3 Å². The van der Waals surface area contributed by atoms with E-state index in [0.29, 0.717) is 29.3 Å². The van der Waals surface area contributed by atoms with Gasteiger partial charge < -0.3 is 10.1 Å². The number of ether oxygens (including phenoxy) is 1. The first-order valence-corrected chi connectivity index (χ1v) is 7.71. The van der Waals surface area contributed by atoms with Crippen LogP contribution in [0.15, 0.2) is 12.1 Å².